The van der Waals surface area contributed by atoms with Gasteiger partial charge in [0.05, 0.1) is 11.1 Å². The number of carboxylic acids is 1. The van der Waals surface area contributed by atoms with Gasteiger partial charge in [-0.2, -0.15) is 0 Å². The fourth-order valence-corrected chi connectivity index (χ4v) is 2.39. The zero-order chi connectivity index (χ0) is 15.6. The number of hydrogen-bond acceptors (Lipinski definition) is 4. The van der Waals surface area contributed by atoms with Crippen LogP contribution in [0.3, 0.4) is 0 Å². The molecular formula is C14H17N3O4. The molecule has 7 heteroatoms. The van der Waals surface area contributed by atoms with E-state index in [2.05, 4.69) is 10.6 Å². The number of piperidine rings is 1. The number of anilines is 1. The van der Waals surface area contributed by atoms with Crippen LogP contribution >= 0.6 is 0 Å². The largest absolute Gasteiger partial charge is 0.478 e. The highest BCUT2D eigenvalue weighted by atomic mass is 16.4. The van der Waals surface area contributed by atoms with Crippen LogP contribution in [-0.4, -0.2) is 35.0 Å². The minimum atomic E-state index is -1.28. The molecule has 5 N–H and O–H groups in total. The fraction of sp³-hybridized carbons (Fsp3) is 0.357. The Balaban J connectivity index is 2.31. The molecule has 2 rings (SSSR count). The van der Waals surface area contributed by atoms with Crippen LogP contribution in [0.25, 0.3) is 0 Å². The summed E-state index contributed by atoms with van der Waals surface area (Å²) in [6.45, 7) is 2.19. The summed E-state index contributed by atoms with van der Waals surface area (Å²) in [5.74, 6) is -2.18. The molecule has 21 heavy (non-hydrogen) atoms. The first-order chi connectivity index (χ1) is 9.85. The second kappa shape index (κ2) is 5.43. The van der Waals surface area contributed by atoms with Gasteiger partial charge in [0.15, 0.2) is 0 Å². The van der Waals surface area contributed by atoms with E-state index < -0.39 is 17.4 Å². The van der Waals surface area contributed by atoms with Gasteiger partial charge in [0, 0.05) is 12.2 Å². The van der Waals surface area contributed by atoms with E-state index in [-0.39, 0.29) is 22.7 Å². The number of carbonyl (C=O) groups is 3. The molecule has 0 aliphatic carbocycles. The van der Waals surface area contributed by atoms with Gasteiger partial charge in [-0.15, -0.1) is 0 Å². The standard InChI is InChI=1S/C14H17N3O4/c1-14(6-3-7-16-13(14)21)17-11(18)8-4-2-5-9(15)10(8)12(19)20/h2,4-5H,3,6-7,15H2,1H3,(H,16,21)(H,17,18)(H,19,20)/t14-/m1/s1. The van der Waals surface area contributed by atoms with Crippen LogP contribution in [-0.2, 0) is 4.79 Å². The summed E-state index contributed by atoms with van der Waals surface area (Å²) >= 11 is 0. The summed E-state index contributed by atoms with van der Waals surface area (Å²) in [5.41, 5.74) is 4.27. The first-order valence-corrected chi connectivity index (χ1v) is 6.58. The lowest BCUT2D eigenvalue weighted by Crippen LogP contribution is -2.59. The number of benzene rings is 1. The van der Waals surface area contributed by atoms with Crippen LogP contribution in [0.2, 0.25) is 0 Å². The molecule has 2 amide bonds. The molecule has 0 radical (unpaired) electrons. The molecule has 112 valence electrons. The molecular weight excluding hydrogens is 274 g/mol. The Kier molecular flexibility index (Phi) is 3.84. The number of aromatic carboxylic acids is 1. The van der Waals surface area contributed by atoms with E-state index in [4.69, 9.17) is 5.73 Å². The average Bonchev–Trinajstić information content (AvgIpc) is 2.41. The predicted octanol–water partition coefficient (Wildman–Crippen LogP) is 0.366. The van der Waals surface area contributed by atoms with Crippen molar-refractivity contribution in [1.29, 1.82) is 0 Å². The second-order valence-corrected chi connectivity index (χ2v) is 5.22. The van der Waals surface area contributed by atoms with E-state index in [9.17, 15) is 19.5 Å². The molecule has 1 aromatic carbocycles. The molecule has 0 saturated carbocycles. The van der Waals surface area contributed by atoms with Gasteiger partial charge in [-0.3, -0.25) is 9.59 Å². The van der Waals surface area contributed by atoms with Gasteiger partial charge in [0.1, 0.15) is 5.54 Å². The highest BCUT2D eigenvalue weighted by Crippen LogP contribution is 2.21. The molecule has 1 aliphatic heterocycles. The molecule has 0 spiro atoms. The third-order valence-electron chi connectivity index (χ3n) is 3.58. The lowest BCUT2D eigenvalue weighted by molar-refractivity contribution is -0.128. The topological polar surface area (TPSA) is 122 Å². The van der Waals surface area contributed by atoms with Gasteiger partial charge in [-0.1, -0.05) is 6.07 Å². The first-order valence-electron chi connectivity index (χ1n) is 6.58. The number of amides is 2. The molecule has 1 atom stereocenters. The van der Waals surface area contributed by atoms with Crippen LogP contribution in [0, 0.1) is 0 Å². The third-order valence-corrected chi connectivity index (χ3v) is 3.58. The molecule has 0 aromatic heterocycles. The number of carbonyl (C=O) groups excluding carboxylic acids is 2. The number of nitrogen functional groups attached to an aromatic ring is 1. The van der Waals surface area contributed by atoms with Crippen molar-refractivity contribution in [1.82, 2.24) is 10.6 Å². The van der Waals surface area contributed by atoms with E-state index in [0.29, 0.717) is 13.0 Å². The molecule has 1 fully saturated rings. The van der Waals surface area contributed by atoms with Crippen molar-refractivity contribution in [3.05, 3.63) is 29.3 Å². The molecule has 0 unspecified atom stereocenters. The van der Waals surface area contributed by atoms with Gasteiger partial charge in [0.2, 0.25) is 5.91 Å². The molecule has 1 aliphatic rings. The van der Waals surface area contributed by atoms with Crippen LogP contribution in [0.4, 0.5) is 5.69 Å². The Labute approximate surface area is 121 Å². The van der Waals surface area contributed by atoms with E-state index >= 15 is 0 Å². The second-order valence-electron chi connectivity index (χ2n) is 5.22. The third kappa shape index (κ3) is 2.81. The van der Waals surface area contributed by atoms with E-state index in [1.54, 1.807) is 6.92 Å². The Morgan fingerprint density at radius 1 is 1.43 bits per heavy atom. The highest BCUT2D eigenvalue weighted by Gasteiger charge is 2.37. The number of nitrogens with one attached hydrogen (secondary N) is 2. The molecule has 1 saturated heterocycles. The van der Waals surface area contributed by atoms with Crippen molar-refractivity contribution >= 4 is 23.5 Å². The van der Waals surface area contributed by atoms with Crippen LogP contribution in [0.1, 0.15) is 40.5 Å². The maximum Gasteiger partial charge on any atom is 0.338 e. The zero-order valence-corrected chi connectivity index (χ0v) is 11.6. The number of rotatable bonds is 3. The Morgan fingerprint density at radius 2 is 2.14 bits per heavy atom. The van der Waals surface area contributed by atoms with Gasteiger partial charge in [-0.05, 0) is 31.9 Å². The predicted molar refractivity (Wildman–Crippen MR) is 75.9 cm³/mol. The van der Waals surface area contributed by atoms with E-state index in [1.807, 2.05) is 0 Å². The maximum absolute atomic E-state index is 12.3. The zero-order valence-electron chi connectivity index (χ0n) is 11.6. The Morgan fingerprint density at radius 3 is 2.76 bits per heavy atom. The van der Waals surface area contributed by atoms with E-state index in [1.165, 1.54) is 18.2 Å². The molecule has 1 aromatic rings. The summed E-state index contributed by atoms with van der Waals surface area (Å²) in [6.07, 6.45) is 1.24. The quantitative estimate of drug-likeness (QED) is 0.599. The van der Waals surface area contributed by atoms with E-state index in [0.717, 1.165) is 6.42 Å². The van der Waals surface area contributed by atoms with Crippen molar-refractivity contribution < 1.29 is 19.5 Å². The summed E-state index contributed by atoms with van der Waals surface area (Å²) in [4.78, 5) is 35.5. The van der Waals surface area contributed by atoms with Crippen molar-refractivity contribution in [2.75, 3.05) is 12.3 Å². The van der Waals surface area contributed by atoms with Crippen molar-refractivity contribution in [2.24, 2.45) is 0 Å². The normalized spacial score (nSPS) is 21.5. The van der Waals surface area contributed by atoms with Crippen LogP contribution in [0.5, 0.6) is 0 Å². The Hall–Kier alpha value is -2.57. The fourth-order valence-electron chi connectivity index (χ4n) is 2.39. The summed E-state index contributed by atoms with van der Waals surface area (Å²) in [5, 5.41) is 14.5. The Bertz CT molecular complexity index is 614. The molecule has 0 bridgehead atoms. The van der Waals surface area contributed by atoms with Crippen LogP contribution in [0.15, 0.2) is 18.2 Å². The highest BCUT2D eigenvalue weighted by molar-refractivity contribution is 6.09. The van der Waals surface area contributed by atoms with Gasteiger partial charge in [0.25, 0.3) is 5.91 Å². The minimum Gasteiger partial charge on any atom is -0.478 e. The first kappa shape index (κ1) is 14.8. The molecule has 7 nitrogen and oxygen atoms in total. The van der Waals surface area contributed by atoms with Gasteiger partial charge < -0.3 is 21.5 Å². The summed E-state index contributed by atoms with van der Waals surface area (Å²) in [6, 6.07) is 4.29. The van der Waals surface area contributed by atoms with Gasteiger partial charge in [-0.25, -0.2) is 4.79 Å². The summed E-state index contributed by atoms with van der Waals surface area (Å²) in [7, 11) is 0. The lowest BCUT2D eigenvalue weighted by atomic mass is 9.90. The SMILES string of the molecule is C[C@@]1(NC(=O)c2cccc(N)c2C(=O)O)CCCNC1=O. The lowest BCUT2D eigenvalue weighted by Gasteiger charge is -2.33. The molecule has 1 heterocycles. The van der Waals surface area contributed by atoms with Crippen molar-refractivity contribution in [3.63, 3.8) is 0 Å². The van der Waals surface area contributed by atoms with Crippen molar-refractivity contribution in [2.45, 2.75) is 25.3 Å². The number of hydrogen-bond donors (Lipinski definition) is 4. The smallest absolute Gasteiger partial charge is 0.338 e. The average molecular weight is 291 g/mol. The summed E-state index contributed by atoms with van der Waals surface area (Å²) < 4.78 is 0. The van der Waals surface area contributed by atoms with Crippen molar-refractivity contribution in [3.8, 4) is 0 Å². The monoisotopic (exact) mass is 291 g/mol. The van der Waals surface area contributed by atoms with Gasteiger partial charge >= 0.3 is 5.97 Å². The number of carboxylic acid groups (broad SMARTS) is 1. The van der Waals surface area contributed by atoms with Crippen LogP contribution < -0.4 is 16.4 Å². The number of nitrogens with two attached hydrogens (primary N) is 1. The minimum absolute atomic E-state index is 0.00778. The maximum atomic E-state index is 12.3.